The molecule has 0 aliphatic rings. The molecule has 0 spiro atoms. The average molecular weight is 390 g/mol. The smallest absolute Gasteiger partial charge is 0.338 e. The summed E-state index contributed by atoms with van der Waals surface area (Å²) < 4.78 is 11.0. The second-order valence-corrected chi connectivity index (χ2v) is 6.48. The van der Waals surface area contributed by atoms with E-state index in [1.165, 1.54) is 0 Å². The van der Waals surface area contributed by atoms with Crippen molar-refractivity contribution in [3.05, 3.63) is 84.4 Å². The number of rotatable bonds is 7. The maximum Gasteiger partial charge on any atom is 0.338 e. The van der Waals surface area contributed by atoms with Gasteiger partial charge in [0, 0.05) is 19.8 Å². The number of para-hydroxylation sites is 3. The highest BCUT2D eigenvalue weighted by molar-refractivity contribution is 5.96. The molecule has 148 valence electrons. The van der Waals surface area contributed by atoms with Crippen molar-refractivity contribution in [1.82, 2.24) is 0 Å². The molecule has 0 saturated carbocycles. The van der Waals surface area contributed by atoms with E-state index in [0.29, 0.717) is 22.7 Å². The van der Waals surface area contributed by atoms with E-state index in [2.05, 4.69) is 5.32 Å². The highest BCUT2D eigenvalue weighted by Gasteiger charge is 2.13. The Labute approximate surface area is 169 Å². The van der Waals surface area contributed by atoms with Crippen LogP contribution in [0, 0.1) is 0 Å². The lowest BCUT2D eigenvalue weighted by atomic mass is 10.2. The maximum absolute atomic E-state index is 12.3. The summed E-state index contributed by atoms with van der Waals surface area (Å²) in [5.41, 5.74) is 1.75. The second kappa shape index (κ2) is 9.41. The summed E-state index contributed by atoms with van der Waals surface area (Å²) in [6.07, 6.45) is 0. The molecule has 29 heavy (non-hydrogen) atoms. The third kappa shape index (κ3) is 5.59. The average Bonchev–Trinajstić information content (AvgIpc) is 2.74. The zero-order chi connectivity index (χ0) is 20.6. The Kier molecular flexibility index (Phi) is 6.47. The van der Waals surface area contributed by atoms with Crippen molar-refractivity contribution in [1.29, 1.82) is 0 Å². The lowest BCUT2D eigenvalue weighted by Crippen LogP contribution is -2.21. The Bertz CT molecular complexity index is 987. The first-order valence-electron chi connectivity index (χ1n) is 9.09. The van der Waals surface area contributed by atoms with E-state index < -0.39 is 18.5 Å². The summed E-state index contributed by atoms with van der Waals surface area (Å²) in [6.45, 7) is -0.398. The molecule has 1 N–H and O–H groups in total. The highest BCUT2D eigenvalue weighted by Crippen LogP contribution is 2.29. The van der Waals surface area contributed by atoms with Gasteiger partial charge in [-0.3, -0.25) is 4.79 Å². The van der Waals surface area contributed by atoms with Gasteiger partial charge in [-0.05, 0) is 42.5 Å². The van der Waals surface area contributed by atoms with Gasteiger partial charge >= 0.3 is 5.97 Å². The van der Waals surface area contributed by atoms with Crippen LogP contribution in [0.2, 0.25) is 0 Å². The van der Waals surface area contributed by atoms with Gasteiger partial charge < -0.3 is 19.7 Å². The number of carbonyl (C=O) groups excluding carboxylic acids is 2. The zero-order valence-electron chi connectivity index (χ0n) is 16.3. The Morgan fingerprint density at radius 2 is 1.62 bits per heavy atom. The van der Waals surface area contributed by atoms with Crippen LogP contribution in [0.1, 0.15) is 10.4 Å². The van der Waals surface area contributed by atoms with Crippen LogP contribution in [0.25, 0.3) is 0 Å². The Morgan fingerprint density at radius 3 is 2.38 bits per heavy atom. The summed E-state index contributed by atoms with van der Waals surface area (Å²) in [7, 11) is 3.76. The van der Waals surface area contributed by atoms with E-state index >= 15 is 0 Å². The number of carbonyl (C=O) groups is 2. The first-order chi connectivity index (χ1) is 14.0. The number of nitrogens with zero attached hydrogens (tertiary/aromatic N) is 1. The summed E-state index contributed by atoms with van der Waals surface area (Å²) >= 11 is 0. The molecule has 0 radical (unpaired) electrons. The molecule has 1 amide bonds. The van der Waals surface area contributed by atoms with Gasteiger partial charge in [-0.1, -0.05) is 36.4 Å². The quantitative estimate of drug-likeness (QED) is 0.608. The first-order valence-corrected chi connectivity index (χ1v) is 9.09. The van der Waals surface area contributed by atoms with Crippen molar-refractivity contribution in [3.63, 3.8) is 0 Å². The molecule has 0 aliphatic heterocycles. The Hall–Kier alpha value is -3.80. The molecule has 3 aromatic rings. The molecule has 0 fully saturated rings. The zero-order valence-corrected chi connectivity index (χ0v) is 16.3. The van der Waals surface area contributed by atoms with Crippen LogP contribution in [-0.4, -0.2) is 32.6 Å². The van der Waals surface area contributed by atoms with Crippen molar-refractivity contribution in [3.8, 4) is 11.5 Å². The van der Waals surface area contributed by atoms with Crippen LogP contribution < -0.4 is 15.0 Å². The molecule has 0 atom stereocenters. The van der Waals surface area contributed by atoms with Gasteiger partial charge in [0.15, 0.2) is 12.4 Å². The van der Waals surface area contributed by atoms with Gasteiger partial charge in [0.25, 0.3) is 5.91 Å². The predicted molar refractivity (Wildman–Crippen MR) is 113 cm³/mol. The summed E-state index contributed by atoms with van der Waals surface area (Å²) in [5, 5.41) is 2.72. The van der Waals surface area contributed by atoms with Crippen molar-refractivity contribution < 1.29 is 19.1 Å². The minimum atomic E-state index is -0.558. The minimum Gasteiger partial charge on any atom is -0.455 e. The SMILES string of the molecule is CN(C)c1cccc(C(=O)OCC(=O)Nc2ccccc2Oc2ccccc2)c1. The number of anilines is 2. The molecule has 6 nitrogen and oxygen atoms in total. The molecular formula is C23H22N2O4. The number of ether oxygens (including phenoxy) is 2. The molecule has 0 aromatic heterocycles. The van der Waals surface area contributed by atoms with Gasteiger partial charge in [-0.2, -0.15) is 0 Å². The van der Waals surface area contributed by atoms with E-state index in [0.717, 1.165) is 5.69 Å². The van der Waals surface area contributed by atoms with Crippen molar-refractivity contribution >= 4 is 23.3 Å². The van der Waals surface area contributed by atoms with E-state index in [1.54, 1.807) is 36.4 Å². The van der Waals surface area contributed by atoms with Crippen molar-refractivity contribution in [2.75, 3.05) is 30.9 Å². The number of esters is 1. The third-order valence-electron chi connectivity index (χ3n) is 4.06. The molecule has 0 unspecified atom stereocenters. The first kappa shape index (κ1) is 19.9. The van der Waals surface area contributed by atoms with Crippen LogP contribution in [0.4, 0.5) is 11.4 Å². The molecule has 0 heterocycles. The van der Waals surface area contributed by atoms with Gasteiger partial charge in [0.05, 0.1) is 11.3 Å². The number of hydrogen-bond donors (Lipinski definition) is 1. The van der Waals surface area contributed by atoms with Crippen LogP contribution in [-0.2, 0) is 9.53 Å². The molecule has 3 aromatic carbocycles. The number of hydrogen-bond acceptors (Lipinski definition) is 5. The molecule has 3 rings (SSSR count). The topological polar surface area (TPSA) is 67.9 Å². The van der Waals surface area contributed by atoms with Crippen LogP contribution in [0.15, 0.2) is 78.9 Å². The van der Waals surface area contributed by atoms with Gasteiger partial charge in [-0.25, -0.2) is 4.79 Å². The maximum atomic E-state index is 12.3. The van der Waals surface area contributed by atoms with Crippen molar-refractivity contribution in [2.45, 2.75) is 0 Å². The third-order valence-corrected chi connectivity index (χ3v) is 4.06. The summed E-state index contributed by atoms with van der Waals surface area (Å²) in [6, 6.07) is 23.3. The molecule has 6 heteroatoms. The van der Waals surface area contributed by atoms with Crippen LogP contribution >= 0.6 is 0 Å². The molecule has 0 aliphatic carbocycles. The second-order valence-electron chi connectivity index (χ2n) is 6.48. The van der Waals surface area contributed by atoms with Gasteiger partial charge in [0.2, 0.25) is 0 Å². The highest BCUT2D eigenvalue weighted by atomic mass is 16.5. The largest absolute Gasteiger partial charge is 0.455 e. The minimum absolute atomic E-state index is 0.386. The fourth-order valence-electron chi connectivity index (χ4n) is 2.59. The monoisotopic (exact) mass is 390 g/mol. The van der Waals surface area contributed by atoms with Crippen LogP contribution in [0.3, 0.4) is 0 Å². The number of benzene rings is 3. The standard InChI is InChI=1S/C23H22N2O4/c1-25(2)18-10-8-9-17(15-18)23(27)28-16-22(26)24-20-13-6-7-14-21(20)29-19-11-4-3-5-12-19/h3-15H,16H2,1-2H3,(H,24,26). The van der Waals surface area contributed by atoms with Crippen LogP contribution in [0.5, 0.6) is 11.5 Å². The molecule has 0 saturated heterocycles. The molecular weight excluding hydrogens is 368 g/mol. The number of amides is 1. The lowest BCUT2D eigenvalue weighted by molar-refractivity contribution is -0.119. The van der Waals surface area contributed by atoms with Gasteiger partial charge in [-0.15, -0.1) is 0 Å². The van der Waals surface area contributed by atoms with Crippen molar-refractivity contribution in [2.24, 2.45) is 0 Å². The Morgan fingerprint density at radius 1 is 0.897 bits per heavy atom. The normalized spacial score (nSPS) is 10.1. The van der Waals surface area contributed by atoms with E-state index in [1.807, 2.05) is 61.5 Å². The Balaban J connectivity index is 1.60. The summed E-state index contributed by atoms with van der Waals surface area (Å²) in [4.78, 5) is 26.4. The van der Waals surface area contributed by atoms with E-state index in [-0.39, 0.29) is 0 Å². The number of nitrogens with one attached hydrogen (secondary N) is 1. The summed E-state index contributed by atoms with van der Waals surface area (Å²) in [5.74, 6) is 0.141. The molecule has 0 bridgehead atoms. The lowest BCUT2D eigenvalue weighted by Gasteiger charge is -2.14. The fourth-order valence-corrected chi connectivity index (χ4v) is 2.59. The van der Waals surface area contributed by atoms with Gasteiger partial charge in [0.1, 0.15) is 5.75 Å². The van der Waals surface area contributed by atoms with E-state index in [4.69, 9.17) is 9.47 Å². The van der Waals surface area contributed by atoms with E-state index in [9.17, 15) is 9.59 Å². The predicted octanol–water partition coefficient (Wildman–Crippen LogP) is 4.34. The fraction of sp³-hybridized carbons (Fsp3) is 0.130.